The number of hydrogen-bond donors (Lipinski definition) is 1. The van der Waals surface area contributed by atoms with Gasteiger partial charge in [-0.2, -0.15) is 0 Å². The molecule has 2 aromatic rings. The average Bonchev–Trinajstić information content (AvgIpc) is 2.96. The largest absolute Gasteiger partial charge is 0.394 e. The minimum Gasteiger partial charge on any atom is -0.394 e. The zero-order chi connectivity index (χ0) is 14.1. The van der Waals surface area contributed by atoms with Crippen molar-refractivity contribution in [2.24, 2.45) is 0 Å². The fraction of sp³-hybridized carbons (Fsp3) is 0.333. The number of likely N-dealkylation sites (tertiary alicyclic amines) is 1. The molecule has 0 radical (unpaired) electrons. The van der Waals surface area contributed by atoms with Gasteiger partial charge in [-0.15, -0.1) is 0 Å². The lowest BCUT2D eigenvalue weighted by atomic mass is 10.1. The summed E-state index contributed by atoms with van der Waals surface area (Å²) in [7, 11) is 0. The van der Waals surface area contributed by atoms with Crippen molar-refractivity contribution in [1.82, 2.24) is 9.88 Å². The van der Waals surface area contributed by atoms with Crippen molar-refractivity contribution < 1.29 is 9.90 Å². The van der Waals surface area contributed by atoms with Gasteiger partial charge in [-0.25, -0.2) is 4.98 Å². The number of carbonyl (C=O) groups is 1. The number of rotatable bonds is 2. The number of fused-ring (bicyclic) bond motifs is 1. The molecule has 1 aromatic heterocycles. The molecule has 0 bridgehead atoms. The van der Waals surface area contributed by atoms with Crippen molar-refractivity contribution in [2.45, 2.75) is 18.9 Å². The summed E-state index contributed by atoms with van der Waals surface area (Å²) >= 11 is 6.07. The van der Waals surface area contributed by atoms with Crippen LogP contribution in [0.4, 0.5) is 0 Å². The van der Waals surface area contributed by atoms with E-state index < -0.39 is 0 Å². The highest BCUT2D eigenvalue weighted by molar-refractivity contribution is 6.34. The van der Waals surface area contributed by atoms with Gasteiger partial charge in [0.15, 0.2) is 0 Å². The highest BCUT2D eigenvalue weighted by atomic mass is 35.5. The first-order chi connectivity index (χ1) is 9.72. The summed E-state index contributed by atoms with van der Waals surface area (Å²) in [6.45, 7) is 0.686. The minimum absolute atomic E-state index is 0.00465. The Bertz CT molecular complexity index is 659. The van der Waals surface area contributed by atoms with Crippen LogP contribution in [0.2, 0.25) is 5.15 Å². The van der Waals surface area contributed by atoms with E-state index in [9.17, 15) is 9.90 Å². The van der Waals surface area contributed by atoms with Crippen molar-refractivity contribution in [3.8, 4) is 0 Å². The van der Waals surface area contributed by atoms with Gasteiger partial charge in [0.2, 0.25) is 0 Å². The van der Waals surface area contributed by atoms with E-state index in [0.717, 1.165) is 23.6 Å². The zero-order valence-corrected chi connectivity index (χ0v) is 11.7. The summed E-state index contributed by atoms with van der Waals surface area (Å²) in [6.07, 6.45) is 3.30. The molecular formula is C15H15ClN2O2. The van der Waals surface area contributed by atoms with Crippen molar-refractivity contribution >= 4 is 28.3 Å². The zero-order valence-electron chi connectivity index (χ0n) is 10.9. The monoisotopic (exact) mass is 290 g/mol. The summed E-state index contributed by atoms with van der Waals surface area (Å²) in [5.74, 6) is -0.0816. The fourth-order valence-electron chi connectivity index (χ4n) is 2.78. The standard InChI is InChI=1S/C15H15ClN2O2/c16-14-12-6-2-1-5-11(12)13(8-17-14)15(20)18-7-3-4-10(18)9-19/h1-2,5-6,8,10,19H,3-4,7,9H2. The van der Waals surface area contributed by atoms with Crippen LogP contribution in [0, 0.1) is 0 Å². The topological polar surface area (TPSA) is 53.4 Å². The van der Waals surface area contributed by atoms with Crippen LogP contribution in [0.1, 0.15) is 23.2 Å². The van der Waals surface area contributed by atoms with Crippen LogP contribution in [0.3, 0.4) is 0 Å². The van der Waals surface area contributed by atoms with Crippen LogP contribution in [0.25, 0.3) is 10.8 Å². The van der Waals surface area contributed by atoms with Crippen LogP contribution in [-0.4, -0.2) is 40.1 Å². The number of amides is 1. The molecule has 1 aromatic carbocycles. The molecule has 1 N–H and O–H groups in total. The molecule has 0 spiro atoms. The summed E-state index contributed by atoms with van der Waals surface area (Å²) in [6, 6.07) is 7.39. The van der Waals surface area contributed by atoms with Gasteiger partial charge in [0.1, 0.15) is 5.15 Å². The number of pyridine rings is 1. The number of benzene rings is 1. The normalized spacial score (nSPS) is 18.7. The molecule has 1 aliphatic rings. The second-order valence-corrected chi connectivity index (χ2v) is 5.34. The Labute approximate surface area is 122 Å². The lowest BCUT2D eigenvalue weighted by molar-refractivity contribution is 0.0679. The van der Waals surface area contributed by atoms with E-state index in [1.54, 1.807) is 4.90 Å². The Morgan fingerprint density at radius 1 is 1.40 bits per heavy atom. The van der Waals surface area contributed by atoms with E-state index in [1.165, 1.54) is 6.20 Å². The molecular weight excluding hydrogens is 276 g/mol. The van der Waals surface area contributed by atoms with Crippen molar-refractivity contribution in [3.05, 3.63) is 41.2 Å². The van der Waals surface area contributed by atoms with E-state index in [2.05, 4.69) is 4.98 Å². The maximum Gasteiger partial charge on any atom is 0.256 e. The number of hydrogen-bond acceptors (Lipinski definition) is 3. The molecule has 0 saturated carbocycles. The highest BCUT2D eigenvalue weighted by Crippen LogP contribution is 2.27. The molecule has 1 unspecified atom stereocenters. The van der Waals surface area contributed by atoms with E-state index in [-0.39, 0.29) is 18.6 Å². The van der Waals surface area contributed by atoms with Gasteiger partial charge in [0.25, 0.3) is 5.91 Å². The van der Waals surface area contributed by atoms with Crippen LogP contribution in [-0.2, 0) is 0 Å². The van der Waals surface area contributed by atoms with Gasteiger partial charge in [0, 0.05) is 18.1 Å². The number of carbonyl (C=O) groups excluding carboxylic acids is 1. The molecule has 1 amide bonds. The van der Waals surface area contributed by atoms with E-state index in [1.807, 2.05) is 24.3 Å². The molecule has 3 rings (SSSR count). The van der Waals surface area contributed by atoms with Crippen molar-refractivity contribution in [3.63, 3.8) is 0 Å². The van der Waals surface area contributed by atoms with Crippen molar-refractivity contribution in [1.29, 1.82) is 0 Å². The van der Waals surface area contributed by atoms with Gasteiger partial charge in [-0.3, -0.25) is 4.79 Å². The maximum atomic E-state index is 12.7. The van der Waals surface area contributed by atoms with Crippen molar-refractivity contribution in [2.75, 3.05) is 13.2 Å². The first-order valence-electron chi connectivity index (χ1n) is 6.67. The van der Waals surface area contributed by atoms with E-state index >= 15 is 0 Å². The first-order valence-corrected chi connectivity index (χ1v) is 7.05. The van der Waals surface area contributed by atoms with Gasteiger partial charge in [-0.05, 0) is 18.2 Å². The molecule has 1 fully saturated rings. The summed E-state index contributed by atoms with van der Waals surface area (Å²) in [5.41, 5.74) is 0.547. The average molecular weight is 291 g/mol. The first kappa shape index (κ1) is 13.3. The Morgan fingerprint density at radius 2 is 2.15 bits per heavy atom. The summed E-state index contributed by atoms with van der Waals surface area (Å²) in [4.78, 5) is 18.5. The van der Waals surface area contributed by atoms with Gasteiger partial charge in [0.05, 0.1) is 18.2 Å². The molecule has 4 nitrogen and oxygen atoms in total. The third kappa shape index (κ3) is 2.15. The molecule has 1 aliphatic heterocycles. The quantitative estimate of drug-likeness (QED) is 0.865. The maximum absolute atomic E-state index is 12.7. The number of halogens is 1. The molecule has 104 valence electrons. The molecule has 1 saturated heterocycles. The number of nitrogens with zero attached hydrogens (tertiary/aromatic N) is 2. The Hall–Kier alpha value is -1.65. The van der Waals surface area contributed by atoms with Gasteiger partial charge in [-0.1, -0.05) is 35.9 Å². The third-order valence-corrected chi connectivity index (χ3v) is 4.13. The van der Waals surface area contributed by atoms with Crippen LogP contribution < -0.4 is 0 Å². The lowest BCUT2D eigenvalue weighted by Crippen LogP contribution is -2.37. The van der Waals surface area contributed by atoms with E-state index in [4.69, 9.17) is 11.6 Å². The highest BCUT2D eigenvalue weighted by Gasteiger charge is 2.29. The molecule has 20 heavy (non-hydrogen) atoms. The predicted molar refractivity (Wildman–Crippen MR) is 77.9 cm³/mol. The summed E-state index contributed by atoms with van der Waals surface area (Å²) in [5, 5.41) is 11.3. The Kier molecular flexibility index (Phi) is 3.59. The third-order valence-electron chi connectivity index (χ3n) is 3.83. The van der Waals surface area contributed by atoms with Crippen LogP contribution >= 0.6 is 11.6 Å². The Balaban J connectivity index is 2.06. The van der Waals surface area contributed by atoms with E-state index in [0.29, 0.717) is 17.3 Å². The Morgan fingerprint density at radius 3 is 2.90 bits per heavy atom. The van der Waals surface area contributed by atoms with Crippen LogP contribution in [0.5, 0.6) is 0 Å². The fourth-order valence-corrected chi connectivity index (χ4v) is 2.99. The minimum atomic E-state index is -0.0862. The number of aromatic nitrogens is 1. The van der Waals surface area contributed by atoms with Crippen LogP contribution in [0.15, 0.2) is 30.5 Å². The molecule has 5 heteroatoms. The number of aliphatic hydroxyl groups is 1. The number of aliphatic hydroxyl groups excluding tert-OH is 1. The predicted octanol–water partition coefficient (Wildman–Crippen LogP) is 2.49. The molecule has 1 atom stereocenters. The molecule has 0 aliphatic carbocycles. The molecule has 2 heterocycles. The smallest absolute Gasteiger partial charge is 0.256 e. The SMILES string of the molecule is O=C(c1cnc(Cl)c2ccccc12)N1CCCC1CO. The van der Waals surface area contributed by atoms with Gasteiger partial charge < -0.3 is 10.0 Å². The summed E-state index contributed by atoms with van der Waals surface area (Å²) < 4.78 is 0. The second-order valence-electron chi connectivity index (χ2n) is 4.99. The lowest BCUT2D eigenvalue weighted by Gasteiger charge is -2.23. The second kappa shape index (κ2) is 5.38. The van der Waals surface area contributed by atoms with Gasteiger partial charge >= 0.3 is 0 Å².